The van der Waals surface area contributed by atoms with Gasteiger partial charge in [-0.05, 0) is 35.2 Å². The zero-order valence-electron chi connectivity index (χ0n) is 16.7. The normalized spacial score (nSPS) is 17.0. The molecule has 2 N–H and O–H groups in total. The Bertz CT molecular complexity index is 806. The third kappa shape index (κ3) is 3.98. The summed E-state index contributed by atoms with van der Waals surface area (Å²) in [7, 11) is 4.84. The van der Waals surface area contributed by atoms with Crippen molar-refractivity contribution in [1.29, 1.82) is 0 Å². The topological polar surface area (TPSA) is 74.0 Å². The molecule has 150 valence electrons. The van der Waals surface area contributed by atoms with Crippen LogP contribution in [0.1, 0.15) is 29.2 Å². The first-order valence-electron chi connectivity index (χ1n) is 9.45. The second kappa shape index (κ2) is 9.08. The molecule has 1 heterocycles. The van der Waals surface area contributed by atoms with Crippen LogP contribution in [0.3, 0.4) is 0 Å². The van der Waals surface area contributed by atoms with Crippen molar-refractivity contribution in [2.24, 2.45) is 5.73 Å². The van der Waals surface area contributed by atoms with Crippen LogP contribution in [0.25, 0.3) is 0 Å². The van der Waals surface area contributed by atoms with Crippen molar-refractivity contribution in [3.8, 4) is 11.5 Å². The van der Waals surface area contributed by atoms with Gasteiger partial charge in [-0.2, -0.15) is 0 Å². The van der Waals surface area contributed by atoms with Crippen LogP contribution in [0.4, 0.5) is 0 Å². The molecule has 2 aromatic carbocycles. The van der Waals surface area contributed by atoms with Crippen molar-refractivity contribution in [2.75, 3.05) is 34.4 Å². The van der Waals surface area contributed by atoms with Crippen molar-refractivity contribution in [1.82, 2.24) is 4.90 Å². The summed E-state index contributed by atoms with van der Waals surface area (Å²) in [6.07, 6.45) is 0.736. The van der Waals surface area contributed by atoms with Crippen LogP contribution in [-0.2, 0) is 16.0 Å². The first kappa shape index (κ1) is 20.2. The third-order valence-electron chi connectivity index (χ3n) is 5.31. The van der Waals surface area contributed by atoms with Crippen LogP contribution in [0, 0.1) is 0 Å². The minimum Gasteiger partial charge on any atom is -0.493 e. The summed E-state index contributed by atoms with van der Waals surface area (Å²) in [6, 6.07) is 13.9. The van der Waals surface area contributed by atoms with Gasteiger partial charge in [0, 0.05) is 20.2 Å². The van der Waals surface area contributed by atoms with Gasteiger partial charge in [0.2, 0.25) is 5.91 Å². The summed E-state index contributed by atoms with van der Waals surface area (Å²) < 4.78 is 16.3. The van der Waals surface area contributed by atoms with E-state index in [0.717, 1.165) is 23.1 Å². The molecule has 0 fully saturated rings. The van der Waals surface area contributed by atoms with Gasteiger partial charge in [0.05, 0.1) is 32.8 Å². The summed E-state index contributed by atoms with van der Waals surface area (Å²) >= 11 is 0. The van der Waals surface area contributed by atoms with Crippen LogP contribution < -0.4 is 15.2 Å². The molecule has 0 bridgehead atoms. The largest absolute Gasteiger partial charge is 0.493 e. The van der Waals surface area contributed by atoms with E-state index >= 15 is 0 Å². The highest BCUT2D eigenvalue weighted by atomic mass is 16.5. The number of nitrogens with two attached hydrogens (primary N) is 1. The molecule has 0 aromatic heterocycles. The van der Waals surface area contributed by atoms with E-state index < -0.39 is 0 Å². The van der Waals surface area contributed by atoms with Crippen molar-refractivity contribution in [3.63, 3.8) is 0 Å². The molecule has 0 spiro atoms. The Balaban J connectivity index is 2.05. The van der Waals surface area contributed by atoms with E-state index in [9.17, 15) is 4.79 Å². The standard InChI is InChI=1S/C22H28N2O4/c1-26-17(14-23)12-21(25)24-10-9-16-11-19(27-2)20(28-3)13-18(16)22(24)15-7-5-4-6-8-15/h4-8,11,13,17,22H,9-10,12,14,23H2,1-3H3. The fraction of sp³-hybridized carbons (Fsp3) is 0.409. The number of rotatable bonds is 7. The summed E-state index contributed by atoms with van der Waals surface area (Å²) in [6.45, 7) is 0.940. The molecule has 28 heavy (non-hydrogen) atoms. The summed E-state index contributed by atoms with van der Waals surface area (Å²) in [4.78, 5) is 15.1. The number of carbonyl (C=O) groups excluding carboxylic acids is 1. The second-order valence-corrected chi connectivity index (χ2v) is 6.85. The lowest BCUT2D eigenvalue weighted by Crippen LogP contribution is -2.42. The van der Waals surface area contributed by atoms with E-state index in [1.807, 2.05) is 47.4 Å². The van der Waals surface area contributed by atoms with E-state index in [1.54, 1.807) is 21.3 Å². The zero-order valence-corrected chi connectivity index (χ0v) is 16.7. The van der Waals surface area contributed by atoms with Gasteiger partial charge in [-0.1, -0.05) is 30.3 Å². The monoisotopic (exact) mass is 384 g/mol. The number of carbonyl (C=O) groups is 1. The maximum Gasteiger partial charge on any atom is 0.226 e. The molecule has 1 amide bonds. The number of amides is 1. The number of hydrogen-bond acceptors (Lipinski definition) is 5. The maximum atomic E-state index is 13.1. The summed E-state index contributed by atoms with van der Waals surface area (Å²) in [5.41, 5.74) is 9.01. The number of nitrogens with zero attached hydrogens (tertiary/aromatic N) is 1. The highest BCUT2D eigenvalue weighted by Gasteiger charge is 2.33. The summed E-state index contributed by atoms with van der Waals surface area (Å²) in [5.74, 6) is 1.40. The molecular weight excluding hydrogens is 356 g/mol. The third-order valence-corrected chi connectivity index (χ3v) is 5.31. The number of ether oxygens (including phenoxy) is 3. The van der Waals surface area contributed by atoms with Crippen LogP contribution in [0.2, 0.25) is 0 Å². The maximum absolute atomic E-state index is 13.1. The van der Waals surface area contributed by atoms with Crippen LogP contribution in [0.15, 0.2) is 42.5 Å². The van der Waals surface area contributed by atoms with E-state index in [2.05, 4.69) is 0 Å². The average molecular weight is 384 g/mol. The first-order valence-corrected chi connectivity index (χ1v) is 9.45. The van der Waals surface area contributed by atoms with Crippen LogP contribution in [-0.4, -0.2) is 51.3 Å². The fourth-order valence-electron chi connectivity index (χ4n) is 3.78. The second-order valence-electron chi connectivity index (χ2n) is 6.85. The van der Waals surface area contributed by atoms with Gasteiger partial charge in [0.15, 0.2) is 11.5 Å². The average Bonchev–Trinajstić information content (AvgIpc) is 2.75. The summed E-state index contributed by atoms with van der Waals surface area (Å²) in [5, 5.41) is 0. The van der Waals surface area contributed by atoms with Gasteiger partial charge in [-0.3, -0.25) is 4.79 Å². The van der Waals surface area contributed by atoms with Crippen LogP contribution >= 0.6 is 0 Å². The molecule has 2 aromatic rings. The van der Waals surface area contributed by atoms with Gasteiger partial charge < -0.3 is 24.8 Å². The molecule has 0 saturated carbocycles. The molecule has 1 aliphatic rings. The van der Waals surface area contributed by atoms with Crippen molar-refractivity contribution >= 4 is 5.91 Å². The molecule has 1 aliphatic heterocycles. The molecular formula is C22H28N2O4. The molecule has 6 heteroatoms. The molecule has 2 unspecified atom stereocenters. The first-order chi connectivity index (χ1) is 13.6. The number of fused-ring (bicyclic) bond motifs is 1. The van der Waals surface area contributed by atoms with Crippen LogP contribution in [0.5, 0.6) is 11.5 Å². The van der Waals surface area contributed by atoms with Gasteiger partial charge >= 0.3 is 0 Å². The molecule has 0 saturated heterocycles. The molecule has 2 atom stereocenters. The zero-order chi connectivity index (χ0) is 20.1. The van der Waals surface area contributed by atoms with Crippen molar-refractivity contribution in [3.05, 3.63) is 59.2 Å². The lowest BCUT2D eigenvalue weighted by molar-refractivity contribution is -0.135. The van der Waals surface area contributed by atoms with Gasteiger partial charge in [-0.15, -0.1) is 0 Å². The Morgan fingerprint density at radius 2 is 1.82 bits per heavy atom. The number of hydrogen-bond donors (Lipinski definition) is 1. The minimum absolute atomic E-state index is 0.0339. The van der Waals surface area contributed by atoms with Crippen molar-refractivity contribution in [2.45, 2.75) is 25.0 Å². The van der Waals surface area contributed by atoms with E-state index in [0.29, 0.717) is 24.6 Å². The lowest BCUT2D eigenvalue weighted by atomic mass is 9.87. The lowest BCUT2D eigenvalue weighted by Gasteiger charge is -2.38. The molecule has 0 radical (unpaired) electrons. The predicted molar refractivity (Wildman–Crippen MR) is 108 cm³/mol. The van der Waals surface area contributed by atoms with Gasteiger partial charge in [-0.25, -0.2) is 0 Å². The van der Waals surface area contributed by atoms with Gasteiger partial charge in [0.1, 0.15) is 0 Å². The van der Waals surface area contributed by atoms with Crippen molar-refractivity contribution < 1.29 is 19.0 Å². The minimum atomic E-state index is -0.282. The van der Waals surface area contributed by atoms with E-state index in [4.69, 9.17) is 19.9 Å². The smallest absolute Gasteiger partial charge is 0.226 e. The fourth-order valence-corrected chi connectivity index (χ4v) is 3.78. The Kier molecular flexibility index (Phi) is 6.54. The molecule has 6 nitrogen and oxygen atoms in total. The quantitative estimate of drug-likeness (QED) is 0.794. The molecule has 3 rings (SSSR count). The SMILES string of the molecule is COc1cc2c(cc1OC)C(c1ccccc1)N(C(=O)CC(CN)OC)CC2. The highest BCUT2D eigenvalue weighted by Crippen LogP contribution is 2.41. The van der Waals surface area contributed by atoms with E-state index in [1.165, 1.54) is 0 Å². The molecule has 0 aliphatic carbocycles. The highest BCUT2D eigenvalue weighted by molar-refractivity contribution is 5.78. The van der Waals surface area contributed by atoms with E-state index in [-0.39, 0.29) is 24.5 Å². The Morgan fingerprint density at radius 3 is 2.43 bits per heavy atom. The predicted octanol–water partition coefficient (Wildman–Crippen LogP) is 2.54. The Morgan fingerprint density at radius 1 is 1.14 bits per heavy atom. The Labute approximate surface area is 166 Å². The number of benzene rings is 2. The number of methoxy groups -OCH3 is 3. The Hall–Kier alpha value is -2.57. The van der Waals surface area contributed by atoms with Gasteiger partial charge in [0.25, 0.3) is 0 Å².